The Morgan fingerprint density at radius 1 is 0.955 bits per heavy atom. The lowest BCUT2D eigenvalue weighted by atomic mass is 9.98. The highest BCUT2D eigenvalue weighted by molar-refractivity contribution is 7.99. The van der Waals surface area contributed by atoms with Gasteiger partial charge in [-0.3, -0.25) is 4.79 Å². The summed E-state index contributed by atoms with van der Waals surface area (Å²) in [5, 5.41) is 14.3. The lowest BCUT2D eigenvalue weighted by molar-refractivity contribution is -0.115. The van der Waals surface area contributed by atoms with Gasteiger partial charge in [0.25, 0.3) is 0 Å². The fourth-order valence-electron chi connectivity index (χ4n) is 4.59. The van der Waals surface area contributed by atoms with Crippen LogP contribution in [-0.2, 0) is 4.79 Å². The number of thioether (sulfide) groups is 1. The Morgan fingerprint density at radius 3 is 2.36 bits per heavy atom. The summed E-state index contributed by atoms with van der Waals surface area (Å²) in [5.41, 5.74) is 4.14. The first-order valence-corrected chi connectivity index (χ1v) is 15.5. The number of carbonyl (C=O) groups is 1. The number of aromatic nitrogens is 2. The van der Waals surface area contributed by atoms with Crippen LogP contribution in [0.4, 0.5) is 5.13 Å². The molecule has 0 saturated heterocycles. The second-order valence-corrected chi connectivity index (χ2v) is 11.5. The van der Waals surface area contributed by atoms with Crippen LogP contribution in [-0.4, -0.2) is 49.6 Å². The molecule has 0 unspecified atom stereocenters. The molecule has 0 fully saturated rings. The molecule has 11 heteroatoms. The van der Waals surface area contributed by atoms with E-state index in [4.69, 9.17) is 23.9 Å². The maximum atomic E-state index is 12.9. The molecule has 0 spiro atoms. The van der Waals surface area contributed by atoms with Crippen LogP contribution < -0.4 is 24.3 Å². The molecule has 0 aliphatic heterocycles. The number of methoxy groups -OCH3 is 3. The first kappa shape index (κ1) is 30.7. The molecule has 1 N–H and O–H groups in total. The van der Waals surface area contributed by atoms with Crippen LogP contribution in [0, 0.1) is 11.3 Å². The standard InChI is InChI=1S/C33H30N4O5S2/c1-5-42-22-11-12-25-29(17-22)44-33(36-25)37-30(38)13-14-43-32-24(19-34)23(18-26(35-32)20-9-7-6-8-10-20)21-15-27(39-2)31(41-4)28(16-21)40-3/h6-12,15-18H,5,13-14H2,1-4H3,(H,36,37,38). The number of nitrogens with one attached hydrogen (secondary N) is 1. The number of rotatable bonds is 12. The van der Waals surface area contributed by atoms with Crippen molar-refractivity contribution in [2.24, 2.45) is 0 Å². The molecule has 0 bridgehead atoms. The second kappa shape index (κ2) is 14.1. The van der Waals surface area contributed by atoms with Crippen molar-refractivity contribution in [1.82, 2.24) is 9.97 Å². The predicted octanol–water partition coefficient (Wildman–Crippen LogP) is 7.44. The number of amides is 1. The molecule has 5 aromatic rings. The average Bonchev–Trinajstić information content (AvgIpc) is 3.45. The van der Waals surface area contributed by atoms with Gasteiger partial charge in [-0.1, -0.05) is 41.7 Å². The van der Waals surface area contributed by atoms with E-state index in [1.807, 2.05) is 73.7 Å². The summed E-state index contributed by atoms with van der Waals surface area (Å²) in [7, 11) is 4.64. The van der Waals surface area contributed by atoms with Crippen LogP contribution in [0.5, 0.6) is 23.0 Å². The number of benzene rings is 3. The number of carbonyl (C=O) groups excluding carboxylic acids is 1. The summed E-state index contributed by atoms with van der Waals surface area (Å²) in [6, 6.07) is 23.2. The Balaban J connectivity index is 1.41. The molecule has 0 saturated carbocycles. The first-order chi connectivity index (χ1) is 21.5. The van der Waals surface area contributed by atoms with E-state index < -0.39 is 0 Å². The first-order valence-electron chi connectivity index (χ1n) is 13.7. The molecule has 0 aliphatic carbocycles. The Labute approximate surface area is 263 Å². The normalized spacial score (nSPS) is 10.7. The van der Waals surface area contributed by atoms with Gasteiger partial charge in [0.2, 0.25) is 11.7 Å². The number of pyridine rings is 1. The number of nitriles is 1. The Bertz CT molecular complexity index is 1810. The molecule has 9 nitrogen and oxygen atoms in total. The lowest BCUT2D eigenvalue weighted by Crippen LogP contribution is -2.12. The summed E-state index contributed by atoms with van der Waals surface area (Å²) in [5.74, 6) is 2.39. The van der Waals surface area contributed by atoms with Crippen molar-refractivity contribution in [3.8, 4) is 51.5 Å². The van der Waals surface area contributed by atoms with Crippen LogP contribution in [0.15, 0.2) is 71.8 Å². The summed E-state index contributed by atoms with van der Waals surface area (Å²) in [6.45, 7) is 2.51. The van der Waals surface area contributed by atoms with Gasteiger partial charge < -0.3 is 24.3 Å². The molecule has 44 heavy (non-hydrogen) atoms. The molecular weight excluding hydrogens is 597 g/mol. The van der Waals surface area contributed by atoms with E-state index in [2.05, 4.69) is 16.4 Å². The van der Waals surface area contributed by atoms with Gasteiger partial charge >= 0.3 is 0 Å². The van der Waals surface area contributed by atoms with Gasteiger partial charge in [0.05, 0.1) is 49.4 Å². The molecule has 3 aromatic carbocycles. The van der Waals surface area contributed by atoms with Gasteiger partial charge in [-0.05, 0) is 48.9 Å². The molecule has 0 atom stereocenters. The van der Waals surface area contributed by atoms with E-state index in [1.165, 1.54) is 23.1 Å². The lowest BCUT2D eigenvalue weighted by Gasteiger charge is -2.16. The summed E-state index contributed by atoms with van der Waals surface area (Å²) in [4.78, 5) is 22.2. The third-order valence-electron chi connectivity index (χ3n) is 6.63. The summed E-state index contributed by atoms with van der Waals surface area (Å²) < 4.78 is 23.1. The zero-order chi connectivity index (χ0) is 31.1. The fourth-order valence-corrected chi connectivity index (χ4v) is 6.45. The van der Waals surface area contributed by atoms with Crippen LogP contribution in [0.1, 0.15) is 18.9 Å². The number of hydrogen-bond acceptors (Lipinski definition) is 10. The zero-order valence-corrected chi connectivity index (χ0v) is 26.3. The Hall–Kier alpha value is -4.79. The minimum atomic E-state index is -0.177. The van der Waals surface area contributed by atoms with Gasteiger partial charge in [0.15, 0.2) is 16.6 Å². The van der Waals surface area contributed by atoms with Gasteiger partial charge in [-0.2, -0.15) is 5.26 Å². The van der Waals surface area contributed by atoms with Crippen molar-refractivity contribution < 1.29 is 23.7 Å². The maximum absolute atomic E-state index is 12.9. The van der Waals surface area contributed by atoms with E-state index in [1.54, 1.807) is 21.3 Å². The van der Waals surface area contributed by atoms with Gasteiger partial charge in [0, 0.05) is 23.3 Å². The molecule has 224 valence electrons. The number of thiazole rings is 1. The molecule has 0 aliphatic rings. The number of ether oxygens (including phenoxy) is 4. The van der Waals surface area contributed by atoms with E-state index in [0.29, 0.717) is 62.2 Å². The predicted molar refractivity (Wildman–Crippen MR) is 174 cm³/mol. The number of hydrogen-bond donors (Lipinski definition) is 1. The van der Waals surface area contributed by atoms with Crippen LogP contribution in [0.25, 0.3) is 32.6 Å². The highest BCUT2D eigenvalue weighted by Gasteiger charge is 2.20. The molecular formula is C33H30N4O5S2. The van der Waals surface area contributed by atoms with E-state index in [-0.39, 0.29) is 12.3 Å². The fraction of sp³-hybridized carbons (Fsp3) is 0.212. The average molecular weight is 627 g/mol. The quantitative estimate of drug-likeness (QED) is 0.141. The van der Waals surface area contributed by atoms with E-state index >= 15 is 0 Å². The Morgan fingerprint density at radius 2 is 1.70 bits per heavy atom. The van der Waals surface area contributed by atoms with Crippen molar-refractivity contribution >= 4 is 44.4 Å². The molecule has 2 heterocycles. The molecule has 0 radical (unpaired) electrons. The van der Waals surface area contributed by atoms with Crippen molar-refractivity contribution in [1.29, 1.82) is 5.26 Å². The SMILES string of the molecule is CCOc1ccc2nc(NC(=O)CCSc3nc(-c4ccccc4)cc(-c4cc(OC)c(OC)c(OC)c4)c3C#N)sc2c1. The van der Waals surface area contributed by atoms with E-state index in [0.717, 1.165) is 21.5 Å². The Kier molecular flexibility index (Phi) is 9.84. The molecule has 5 rings (SSSR count). The van der Waals surface area contributed by atoms with Crippen molar-refractivity contribution in [2.45, 2.75) is 18.4 Å². The van der Waals surface area contributed by atoms with Crippen molar-refractivity contribution in [3.63, 3.8) is 0 Å². The second-order valence-electron chi connectivity index (χ2n) is 9.36. The monoisotopic (exact) mass is 626 g/mol. The topological polar surface area (TPSA) is 116 Å². The van der Waals surface area contributed by atoms with Crippen LogP contribution in [0.2, 0.25) is 0 Å². The minimum Gasteiger partial charge on any atom is -0.494 e. The van der Waals surface area contributed by atoms with Gasteiger partial charge in [-0.15, -0.1) is 11.8 Å². The highest BCUT2D eigenvalue weighted by Crippen LogP contribution is 2.43. The number of fused-ring (bicyclic) bond motifs is 1. The van der Waals surface area contributed by atoms with E-state index in [9.17, 15) is 10.1 Å². The smallest absolute Gasteiger partial charge is 0.226 e. The highest BCUT2D eigenvalue weighted by atomic mass is 32.2. The largest absolute Gasteiger partial charge is 0.494 e. The molecule has 1 amide bonds. The van der Waals surface area contributed by atoms with Crippen molar-refractivity contribution in [3.05, 3.63) is 72.3 Å². The van der Waals surface area contributed by atoms with Crippen LogP contribution >= 0.6 is 23.1 Å². The molecule has 2 aromatic heterocycles. The number of anilines is 1. The summed E-state index contributed by atoms with van der Waals surface area (Å²) >= 11 is 2.75. The third kappa shape index (κ3) is 6.72. The zero-order valence-electron chi connectivity index (χ0n) is 24.7. The van der Waals surface area contributed by atoms with Crippen molar-refractivity contribution in [2.75, 3.05) is 39.0 Å². The van der Waals surface area contributed by atoms with Gasteiger partial charge in [0.1, 0.15) is 16.8 Å². The van der Waals surface area contributed by atoms with Gasteiger partial charge in [-0.25, -0.2) is 9.97 Å². The third-order valence-corrected chi connectivity index (χ3v) is 8.54. The summed E-state index contributed by atoms with van der Waals surface area (Å²) in [6.07, 6.45) is 0.201. The minimum absolute atomic E-state index is 0.177. The maximum Gasteiger partial charge on any atom is 0.226 e. The van der Waals surface area contributed by atoms with Crippen LogP contribution in [0.3, 0.4) is 0 Å². The number of nitrogens with zero attached hydrogens (tertiary/aromatic N) is 3.